The minimum absolute atomic E-state index is 0.279. The summed E-state index contributed by atoms with van der Waals surface area (Å²) in [5, 5.41) is 3.52. The molecule has 2 aromatic rings. The summed E-state index contributed by atoms with van der Waals surface area (Å²) in [7, 11) is 4.17. The van der Waals surface area contributed by atoms with Crippen molar-refractivity contribution >= 4 is 5.69 Å². The first kappa shape index (κ1) is 18.7. The van der Waals surface area contributed by atoms with E-state index in [0.29, 0.717) is 6.61 Å². The molecule has 1 fully saturated rings. The van der Waals surface area contributed by atoms with Crippen molar-refractivity contribution < 1.29 is 4.74 Å². The van der Waals surface area contributed by atoms with E-state index in [4.69, 9.17) is 4.74 Å². The van der Waals surface area contributed by atoms with Crippen molar-refractivity contribution in [3.63, 3.8) is 0 Å². The van der Waals surface area contributed by atoms with Crippen LogP contribution in [0.2, 0.25) is 0 Å². The Morgan fingerprint density at radius 1 is 0.962 bits per heavy atom. The molecule has 0 radical (unpaired) electrons. The predicted octanol–water partition coefficient (Wildman–Crippen LogP) is 3.54. The Bertz CT molecular complexity index is 659. The SMILES string of the molecule is CCOc1ccc(C(c2ccc(N(C)C)cc2)N2CCCNCC2)cc1. The molecule has 1 aliphatic heterocycles. The van der Waals surface area contributed by atoms with E-state index in [9.17, 15) is 0 Å². The lowest BCUT2D eigenvalue weighted by atomic mass is 9.96. The zero-order valence-corrected chi connectivity index (χ0v) is 16.2. The van der Waals surface area contributed by atoms with E-state index in [2.05, 4.69) is 77.7 Å². The highest BCUT2D eigenvalue weighted by molar-refractivity contribution is 5.48. The van der Waals surface area contributed by atoms with E-state index in [1.165, 1.54) is 23.2 Å². The number of rotatable bonds is 6. The lowest BCUT2D eigenvalue weighted by molar-refractivity contribution is 0.241. The van der Waals surface area contributed by atoms with Crippen molar-refractivity contribution in [2.45, 2.75) is 19.4 Å². The number of nitrogens with one attached hydrogen (secondary N) is 1. The van der Waals surface area contributed by atoms with Crippen molar-refractivity contribution in [1.29, 1.82) is 0 Å². The van der Waals surface area contributed by atoms with Crippen molar-refractivity contribution in [3.8, 4) is 5.75 Å². The summed E-state index contributed by atoms with van der Waals surface area (Å²) in [5.41, 5.74) is 3.91. The van der Waals surface area contributed by atoms with Gasteiger partial charge in [0, 0.05) is 39.4 Å². The highest BCUT2D eigenvalue weighted by Crippen LogP contribution is 2.31. The zero-order chi connectivity index (χ0) is 18.4. The van der Waals surface area contributed by atoms with Gasteiger partial charge in [0.1, 0.15) is 5.75 Å². The molecule has 1 heterocycles. The third-order valence-electron chi connectivity index (χ3n) is 4.97. The quantitative estimate of drug-likeness (QED) is 0.860. The van der Waals surface area contributed by atoms with Crippen LogP contribution in [0.4, 0.5) is 5.69 Å². The Balaban J connectivity index is 1.92. The molecule has 1 atom stereocenters. The van der Waals surface area contributed by atoms with Crippen LogP contribution in [-0.2, 0) is 0 Å². The molecule has 0 aliphatic carbocycles. The van der Waals surface area contributed by atoms with Crippen LogP contribution in [-0.4, -0.2) is 51.8 Å². The molecule has 1 saturated heterocycles. The zero-order valence-electron chi connectivity index (χ0n) is 16.2. The van der Waals surface area contributed by atoms with Gasteiger partial charge in [0.2, 0.25) is 0 Å². The molecule has 140 valence electrons. The fraction of sp³-hybridized carbons (Fsp3) is 0.455. The topological polar surface area (TPSA) is 27.7 Å². The Hall–Kier alpha value is -2.04. The van der Waals surface area contributed by atoms with Crippen molar-refractivity contribution in [3.05, 3.63) is 59.7 Å². The first-order chi connectivity index (χ1) is 12.7. The van der Waals surface area contributed by atoms with Crippen LogP contribution in [0, 0.1) is 0 Å². The maximum Gasteiger partial charge on any atom is 0.119 e. The largest absolute Gasteiger partial charge is 0.494 e. The van der Waals surface area contributed by atoms with E-state index in [1.807, 2.05) is 6.92 Å². The summed E-state index contributed by atoms with van der Waals surface area (Å²) in [6, 6.07) is 17.9. The number of benzene rings is 2. The van der Waals surface area contributed by atoms with Gasteiger partial charge in [0.25, 0.3) is 0 Å². The summed E-state index contributed by atoms with van der Waals surface area (Å²) in [5.74, 6) is 0.940. The third kappa shape index (κ3) is 4.57. The number of hydrogen-bond donors (Lipinski definition) is 1. The van der Waals surface area contributed by atoms with Gasteiger partial charge in [0.05, 0.1) is 12.6 Å². The van der Waals surface area contributed by atoms with Crippen LogP contribution in [0.15, 0.2) is 48.5 Å². The van der Waals surface area contributed by atoms with E-state index in [1.54, 1.807) is 0 Å². The average molecular weight is 354 g/mol. The molecule has 0 spiro atoms. The highest BCUT2D eigenvalue weighted by atomic mass is 16.5. The third-order valence-corrected chi connectivity index (χ3v) is 4.97. The molecule has 4 nitrogen and oxygen atoms in total. The van der Waals surface area contributed by atoms with Gasteiger partial charge in [0.15, 0.2) is 0 Å². The lowest BCUT2D eigenvalue weighted by Gasteiger charge is -2.31. The fourth-order valence-corrected chi connectivity index (χ4v) is 3.61. The van der Waals surface area contributed by atoms with Crippen LogP contribution >= 0.6 is 0 Å². The molecule has 26 heavy (non-hydrogen) atoms. The van der Waals surface area contributed by atoms with Gasteiger partial charge < -0.3 is 15.0 Å². The van der Waals surface area contributed by atoms with Gasteiger partial charge in [-0.05, 0) is 55.3 Å². The van der Waals surface area contributed by atoms with E-state index >= 15 is 0 Å². The molecule has 1 unspecified atom stereocenters. The summed E-state index contributed by atoms with van der Waals surface area (Å²) in [6.07, 6.45) is 1.18. The molecular formula is C22H31N3O. The van der Waals surface area contributed by atoms with Gasteiger partial charge in [-0.15, -0.1) is 0 Å². The minimum Gasteiger partial charge on any atom is -0.494 e. The summed E-state index contributed by atoms with van der Waals surface area (Å²) in [6.45, 7) is 7.04. The molecule has 1 N–H and O–H groups in total. The maximum atomic E-state index is 5.62. The number of anilines is 1. The van der Waals surface area contributed by atoms with Gasteiger partial charge >= 0.3 is 0 Å². The van der Waals surface area contributed by atoms with E-state index in [0.717, 1.165) is 31.9 Å². The molecule has 1 aliphatic rings. The maximum absolute atomic E-state index is 5.62. The Morgan fingerprint density at radius 3 is 2.23 bits per heavy atom. The second-order valence-corrected chi connectivity index (χ2v) is 7.03. The van der Waals surface area contributed by atoms with Crippen molar-refractivity contribution in [1.82, 2.24) is 10.2 Å². The van der Waals surface area contributed by atoms with E-state index in [-0.39, 0.29) is 6.04 Å². The van der Waals surface area contributed by atoms with Gasteiger partial charge in [-0.25, -0.2) is 0 Å². The van der Waals surface area contributed by atoms with Crippen molar-refractivity contribution in [2.24, 2.45) is 0 Å². The van der Waals surface area contributed by atoms with Gasteiger partial charge in [-0.1, -0.05) is 24.3 Å². The summed E-state index contributed by atoms with van der Waals surface area (Å²) in [4.78, 5) is 4.74. The van der Waals surface area contributed by atoms with Crippen LogP contribution in [0.3, 0.4) is 0 Å². The van der Waals surface area contributed by atoms with Crippen molar-refractivity contribution in [2.75, 3.05) is 51.8 Å². The smallest absolute Gasteiger partial charge is 0.119 e. The molecule has 3 rings (SSSR count). The molecule has 0 aromatic heterocycles. The molecular weight excluding hydrogens is 322 g/mol. The minimum atomic E-state index is 0.279. The standard InChI is InChI=1S/C22H31N3O/c1-4-26-21-12-8-19(9-13-21)22(25-16-5-14-23-15-17-25)18-6-10-20(11-7-18)24(2)3/h6-13,22-23H,4-5,14-17H2,1-3H3. The first-order valence-electron chi connectivity index (χ1n) is 9.64. The van der Waals surface area contributed by atoms with Gasteiger partial charge in [-0.3, -0.25) is 4.90 Å². The molecule has 2 aromatic carbocycles. The van der Waals surface area contributed by atoms with E-state index < -0.39 is 0 Å². The monoisotopic (exact) mass is 353 g/mol. The number of ether oxygens (including phenoxy) is 1. The highest BCUT2D eigenvalue weighted by Gasteiger charge is 2.23. The van der Waals surface area contributed by atoms with Crippen LogP contribution in [0.25, 0.3) is 0 Å². The molecule has 0 saturated carbocycles. The predicted molar refractivity (Wildman–Crippen MR) is 109 cm³/mol. The molecule has 0 amide bonds. The second kappa shape index (κ2) is 9.06. The van der Waals surface area contributed by atoms with Crippen LogP contribution in [0.1, 0.15) is 30.5 Å². The normalized spacial score (nSPS) is 16.7. The summed E-state index contributed by atoms with van der Waals surface area (Å²) < 4.78 is 5.62. The summed E-state index contributed by atoms with van der Waals surface area (Å²) >= 11 is 0. The lowest BCUT2D eigenvalue weighted by Crippen LogP contribution is -2.33. The number of hydrogen-bond acceptors (Lipinski definition) is 4. The molecule has 4 heteroatoms. The first-order valence-corrected chi connectivity index (χ1v) is 9.64. The van der Waals surface area contributed by atoms with Gasteiger partial charge in [-0.2, -0.15) is 0 Å². The Morgan fingerprint density at radius 2 is 1.62 bits per heavy atom. The Labute approximate surface area is 157 Å². The molecule has 0 bridgehead atoms. The van der Waals surface area contributed by atoms with Crippen LogP contribution < -0.4 is 15.0 Å². The van der Waals surface area contributed by atoms with Crippen LogP contribution in [0.5, 0.6) is 5.75 Å². The second-order valence-electron chi connectivity index (χ2n) is 7.03. The average Bonchev–Trinajstić information content (AvgIpc) is 2.93. The Kier molecular flexibility index (Phi) is 6.53. The fourth-order valence-electron chi connectivity index (χ4n) is 3.61. The number of nitrogens with zero attached hydrogens (tertiary/aromatic N) is 2.